The van der Waals surface area contributed by atoms with Crippen molar-refractivity contribution in [3.05, 3.63) is 30.0 Å². The topological polar surface area (TPSA) is 39.1 Å². The molecule has 2 heterocycles. The van der Waals surface area contributed by atoms with Crippen molar-refractivity contribution in [3.63, 3.8) is 0 Å². The van der Waals surface area contributed by atoms with Gasteiger partial charge in [-0.05, 0) is 32.0 Å². The van der Waals surface area contributed by atoms with Crippen molar-refractivity contribution in [1.82, 2.24) is 15.1 Å². The smallest absolute Gasteiger partial charge is 0.0960 e. The van der Waals surface area contributed by atoms with E-state index in [0.29, 0.717) is 12.7 Å². The Morgan fingerprint density at radius 3 is 2.94 bits per heavy atom. The van der Waals surface area contributed by atoms with Gasteiger partial charge < -0.3 is 10.1 Å². The molecular formula is C14H19N3O. The van der Waals surface area contributed by atoms with E-state index < -0.39 is 0 Å². The number of rotatable bonds is 3. The zero-order valence-corrected chi connectivity index (χ0v) is 10.7. The minimum Gasteiger partial charge on any atom is -0.372 e. The summed E-state index contributed by atoms with van der Waals surface area (Å²) in [5.74, 6) is 0. The number of aromatic nitrogens is 2. The third kappa shape index (κ3) is 2.26. The Kier molecular flexibility index (Phi) is 3.30. The maximum absolute atomic E-state index is 5.97. The first-order valence-corrected chi connectivity index (χ1v) is 6.57. The summed E-state index contributed by atoms with van der Waals surface area (Å²) in [4.78, 5) is 0. The average Bonchev–Trinajstić information content (AvgIpc) is 2.75. The second-order valence-corrected chi connectivity index (χ2v) is 4.85. The lowest BCUT2D eigenvalue weighted by molar-refractivity contribution is 0.0199. The van der Waals surface area contributed by atoms with Gasteiger partial charge in [-0.1, -0.05) is 18.2 Å². The van der Waals surface area contributed by atoms with Crippen LogP contribution >= 0.6 is 0 Å². The molecule has 1 aromatic heterocycles. The second-order valence-electron chi connectivity index (χ2n) is 4.85. The van der Waals surface area contributed by atoms with E-state index in [1.807, 2.05) is 17.8 Å². The van der Waals surface area contributed by atoms with Crippen LogP contribution in [0.5, 0.6) is 0 Å². The molecule has 0 amide bonds. The van der Waals surface area contributed by atoms with Gasteiger partial charge in [0.2, 0.25) is 0 Å². The Hall–Kier alpha value is -1.39. The molecule has 96 valence electrons. The summed E-state index contributed by atoms with van der Waals surface area (Å²) >= 11 is 0. The van der Waals surface area contributed by atoms with Crippen molar-refractivity contribution in [2.45, 2.75) is 25.6 Å². The van der Waals surface area contributed by atoms with E-state index in [0.717, 1.165) is 31.6 Å². The fraction of sp³-hybridized carbons (Fsp3) is 0.500. The van der Waals surface area contributed by atoms with Crippen molar-refractivity contribution >= 4 is 10.9 Å². The van der Waals surface area contributed by atoms with Gasteiger partial charge in [0.05, 0.1) is 23.9 Å². The number of hydrogen-bond acceptors (Lipinski definition) is 3. The highest BCUT2D eigenvalue weighted by Gasteiger charge is 2.15. The van der Waals surface area contributed by atoms with Gasteiger partial charge in [0.1, 0.15) is 0 Å². The van der Waals surface area contributed by atoms with Gasteiger partial charge >= 0.3 is 0 Å². The molecule has 4 heteroatoms. The summed E-state index contributed by atoms with van der Waals surface area (Å²) in [7, 11) is 1.98. The van der Waals surface area contributed by atoms with Crippen LogP contribution in [0.3, 0.4) is 0 Å². The van der Waals surface area contributed by atoms with Crippen LogP contribution < -0.4 is 5.32 Å². The summed E-state index contributed by atoms with van der Waals surface area (Å²) in [6.07, 6.45) is 2.59. The average molecular weight is 245 g/mol. The number of piperidine rings is 1. The van der Waals surface area contributed by atoms with Crippen LogP contribution in [0.15, 0.2) is 24.3 Å². The summed E-state index contributed by atoms with van der Waals surface area (Å²) in [6, 6.07) is 8.30. The molecule has 1 N–H and O–H groups in total. The van der Waals surface area contributed by atoms with Gasteiger partial charge in [-0.15, -0.1) is 0 Å². The van der Waals surface area contributed by atoms with Crippen LogP contribution in [0.4, 0.5) is 0 Å². The zero-order valence-electron chi connectivity index (χ0n) is 10.7. The minimum atomic E-state index is 0.381. The fourth-order valence-electron chi connectivity index (χ4n) is 2.55. The standard InChI is InChI=1S/C14H19N3O/c1-17-14-5-3-2-4-12(14)13(16-17)10-18-11-6-8-15-9-7-11/h2-5,11,15H,6-10H2,1H3. The minimum absolute atomic E-state index is 0.381. The Morgan fingerprint density at radius 2 is 2.11 bits per heavy atom. The fourth-order valence-corrected chi connectivity index (χ4v) is 2.55. The predicted molar refractivity (Wildman–Crippen MR) is 71.4 cm³/mol. The number of hydrogen-bond donors (Lipinski definition) is 1. The SMILES string of the molecule is Cn1nc(COC2CCNCC2)c2ccccc21. The van der Waals surface area contributed by atoms with Gasteiger partial charge in [-0.2, -0.15) is 5.10 Å². The summed E-state index contributed by atoms with van der Waals surface area (Å²) in [5.41, 5.74) is 2.22. The second kappa shape index (κ2) is 5.08. The molecule has 0 saturated carbocycles. The lowest BCUT2D eigenvalue weighted by Crippen LogP contribution is -2.32. The van der Waals surface area contributed by atoms with E-state index in [1.54, 1.807) is 0 Å². The van der Waals surface area contributed by atoms with Crippen molar-refractivity contribution in [2.24, 2.45) is 7.05 Å². The molecule has 3 rings (SSSR count). The molecule has 0 bridgehead atoms. The highest BCUT2D eigenvalue weighted by Crippen LogP contribution is 2.19. The highest BCUT2D eigenvalue weighted by atomic mass is 16.5. The molecule has 0 radical (unpaired) electrons. The highest BCUT2D eigenvalue weighted by molar-refractivity contribution is 5.81. The number of ether oxygens (including phenoxy) is 1. The molecule has 2 aromatic rings. The van der Waals surface area contributed by atoms with E-state index >= 15 is 0 Å². The molecule has 1 aromatic carbocycles. The van der Waals surface area contributed by atoms with Gasteiger partial charge in [-0.3, -0.25) is 4.68 Å². The van der Waals surface area contributed by atoms with Gasteiger partial charge in [0.25, 0.3) is 0 Å². The lowest BCUT2D eigenvalue weighted by atomic mass is 10.1. The van der Waals surface area contributed by atoms with E-state index in [9.17, 15) is 0 Å². The van der Waals surface area contributed by atoms with Crippen LogP contribution in [0.25, 0.3) is 10.9 Å². The lowest BCUT2D eigenvalue weighted by Gasteiger charge is -2.22. The predicted octanol–water partition coefficient (Wildman–Crippen LogP) is 1.84. The molecule has 18 heavy (non-hydrogen) atoms. The number of para-hydroxylation sites is 1. The van der Waals surface area contributed by atoms with E-state index in [1.165, 1.54) is 10.9 Å². The molecule has 1 aliphatic rings. The maximum atomic E-state index is 5.97. The first-order chi connectivity index (χ1) is 8.84. The number of aryl methyl sites for hydroxylation is 1. The van der Waals surface area contributed by atoms with Crippen molar-refractivity contribution < 1.29 is 4.74 Å². The Labute approximate surface area is 107 Å². The number of nitrogens with zero attached hydrogens (tertiary/aromatic N) is 2. The van der Waals surface area contributed by atoms with E-state index in [-0.39, 0.29) is 0 Å². The Bertz CT molecular complexity index is 529. The van der Waals surface area contributed by atoms with Crippen LogP contribution in [0, 0.1) is 0 Å². The van der Waals surface area contributed by atoms with E-state index in [4.69, 9.17) is 4.74 Å². The third-order valence-corrected chi connectivity index (χ3v) is 3.58. The summed E-state index contributed by atoms with van der Waals surface area (Å²) in [6.45, 7) is 2.74. The number of fused-ring (bicyclic) bond motifs is 1. The molecular weight excluding hydrogens is 226 g/mol. The summed E-state index contributed by atoms with van der Waals surface area (Å²) in [5, 5.41) is 9.10. The normalized spacial score (nSPS) is 17.4. The van der Waals surface area contributed by atoms with Crippen LogP contribution in [0.1, 0.15) is 18.5 Å². The first kappa shape index (κ1) is 11.7. The van der Waals surface area contributed by atoms with Gasteiger partial charge in [0, 0.05) is 12.4 Å². The van der Waals surface area contributed by atoms with Crippen molar-refractivity contribution in [3.8, 4) is 0 Å². The monoisotopic (exact) mass is 245 g/mol. The summed E-state index contributed by atoms with van der Waals surface area (Å²) < 4.78 is 7.90. The zero-order chi connectivity index (χ0) is 12.4. The molecule has 1 aliphatic heterocycles. The molecule has 1 saturated heterocycles. The molecule has 0 unspecified atom stereocenters. The Balaban J connectivity index is 1.74. The van der Waals surface area contributed by atoms with Crippen molar-refractivity contribution in [1.29, 1.82) is 0 Å². The van der Waals surface area contributed by atoms with Crippen LogP contribution in [0.2, 0.25) is 0 Å². The van der Waals surface area contributed by atoms with Gasteiger partial charge in [-0.25, -0.2) is 0 Å². The maximum Gasteiger partial charge on any atom is 0.0960 e. The molecule has 1 fully saturated rings. The molecule has 0 spiro atoms. The van der Waals surface area contributed by atoms with E-state index in [2.05, 4.69) is 28.6 Å². The number of benzene rings is 1. The number of nitrogens with one attached hydrogen (secondary N) is 1. The molecule has 0 atom stereocenters. The first-order valence-electron chi connectivity index (χ1n) is 6.57. The Morgan fingerprint density at radius 1 is 1.33 bits per heavy atom. The third-order valence-electron chi connectivity index (χ3n) is 3.58. The molecule has 4 nitrogen and oxygen atoms in total. The quantitative estimate of drug-likeness (QED) is 0.897. The van der Waals surface area contributed by atoms with Crippen LogP contribution in [-0.4, -0.2) is 29.0 Å². The van der Waals surface area contributed by atoms with Crippen LogP contribution in [-0.2, 0) is 18.4 Å². The largest absolute Gasteiger partial charge is 0.372 e. The van der Waals surface area contributed by atoms with Crippen molar-refractivity contribution in [2.75, 3.05) is 13.1 Å². The van der Waals surface area contributed by atoms with Gasteiger partial charge in [0.15, 0.2) is 0 Å². The molecule has 0 aliphatic carbocycles.